The molecule has 0 unspecified atom stereocenters. The highest BCUT2D eigenvalue weighted by Gasteiger charge is 2.09. The minimum atomic E-state index is 0.00729. The number of ketones is 1. The van der Waals surface area contributed by atoms with E-state index in [2.05, 4.69) is 4.98 Å². The third-order valence-corrected chi connectivity index (χ3v) is 4.19. The van der Waals surface area contributed by atoms with E-state index in [9.17, 15) is 4.79 Å². The Bertz CT molecular complexity index is 1050. The van der Waals surface area contributed by atoms with Crippen LogP contribution in [0.3, 0.4) is 0 Å². The van der Waals surface area contributed by atoms with Crippen LogP contribution in [0.4, 0.5) is 0 Å². The minimum Gasteiger partial charge on any atom is -0.487 e. The van der Waals surface area contributed by atoms with Crippen LogP contribution < -0.4 is 4.74 Å². The molecule has 0 saturated heterocycles. The smallest absolute Gasteiger partial charge is 0.193 e. The fraction of sp³-hybridized carbons (Fsp3) is 0.0909. The van der Waals surface area contributed by atoms with Crippen molar-refractivity contribution in [1.82, 2.24) is 9.38 Å². The van der Waals surface area contributed by atoms with Crippen molar-refractivity contribution < 1.29 is 9.53 Å². The highest BCUT2D eigenvalue weighted by Crippen LogP contribution is 2.17. The first-order chi connectivity index (χ1) is 12.7. The van der Waals surface area contributed by atoms with Gasteiger partial charge in [0.05, 0.1) is 5.69 Å². The highest BCUT2D eigenvalue weighted by atomic mass is 16.5. The van der Waals surface area contributed by atoms with Gasteiger partial charge in [-0.05, 0) is 42.8 Å². The third kappa shape index (κ3) is 3.35. The molecular formula is C22H18N2O2. The van der Waals surface area contributed by atoms with Crippen molar-refractivity contribution in [2.45, 2.75) is 13.5 Å². The monoisotopic (exact) mass is 342 g/mol. The maximum absolute atomic E-state index is 12.4. The molecule has 128 valence electrons. The minimum absolute atomic E-state index is 0.00729. The number of pyridine rings is 1. The lowest BCUT2D eigenvalue weighted by atomic mass is 10.0. The van der Waals surface area contributed by atoms with Crippen molar-refractivity contribution in [3.8, 4) is 5.75 Å². The molecule has 0 radical (unpaired) electrons. The standard InChI is InChI=1S/C22H18N2O2/c1-16-7-12-21-23-19(14-24(21)13-16)15-26-20-10-8-18(9-11-20)22(25)17-5-3-2-4-6-17/h2-14H,15H2,1H3. The van der Waals surface area contributed by atoms with Crippen LogP contribution in [0.5, 0.6) is 5.75 Å². The molecule has 0 N–H and O–H groups in total. The number of carbonyl (C=O) groups excluding carboxylic acids is 1. The van der Waals surface area contributed by atoms with Crippen LogP contribution in [0.2, 0.25) is 0 Å². The van der Waals surface area contributed by atoms with Crippen LogP contribution in [0.1, 0.15) is 27.2 Å². The molecule has 2 heterocycles. The predicted octanol–water partition coefficient (Wildman–Crippen LogP) is 4.45. The Balaban J connectivity index is 1.44. The van der Waals surface area contributed by atoms with E-state index in [-0.39, 0.29) is 5.78 Å². The van der Waals surface area contributed by atoms with Crippen LogP contribution in [0.15, 0.2) is 79.1 Å². The van der Waals surface area contributed by atoms with E-state index in [0.717, 1.165) is 11.3 Å². The Labute approximate surface area is 151 Å². The molecule has 26 heavy (non-hydrogen) atoms. The predicted molar refractivity (Wildman–Crippen MR) is 101 cm³/mol. The number of hydrogen-bond acceptors (Lipinski definition) is 3. The topological polar surface area (TPSA) is 43.6 Å². The second-order valence-electron chi connectivity index (χ2n) is 6.21. The summed E-state index contributed by atoms with van der Waals surface area (Å²) < 4.78 is 7.80. The van der Waals surface area contributed by atoms with Gasteiger partial charge in [-0.25, -0.2) is 4.98 Å². The van der Waals surface area contributed by atoms with Gasteiger partial charge in [-0.2, -0.15) is 0 Å². The fourth-order valence-electron chi connectivity index (χ4n) is 2.84. The Morgan fingerprint density at radius 3 is 2.42 bits per heavy atom. The quantitative estimate of drug-likeness (QED) is 0.503. The third-order valence-electron chi connectivity index (χ3n) is 4.19. The van der Waals surface area contributed by atoms with Gasteiger partial charge in [-0.15, -0.1) is 0 Å². The molecule has 4 rings (SSSR count). The summed E-state index contributed by atoms with van der Waals surface area (Å²) in [5.41, 5.74) is 4.27. The normalized spacial score (nSPS) is 10.8. The van der Waals surface area contributed by atoms with E-state index in [0.29, 0.717) is 23.5 Å². The van der Waals surface area contributed by atoms with Gasteiger partial charge in [0.15, 0.2) is 5.78 Å². The van der Waals surface area contributed by atoms with Gasteiger partial charge >= 0.3 is 0 Å². The number of ether oxygens (including phenoxy) is 1. The van der Waals surface area contributed by atoms with Gasteiger partial charge in [0.25, 0.3) is 0 Å². The maximum Gasteiger partial charge on any atom is 0.193 e. The Morgan fingerprint density at radius 2 is 1.65 bits per heavy atom. The van der Waals surface area contributed by atoms with E-state index in [4.69, 9.17) is 4.74 Å². The summed E-state index contributed by atoms with van der Waals surface area (Å²) >= 11 is 0. The molecule has 0 saturated carbocycles. The van der Waals surface area contributed by atoms with E-state index < -0.39 is 0 Å². The number of rotatable bonds is 5. The molecule has 0 amide bonds. The first-order valence-electron chi connectivity index (χ1n) is 8.46. The van der Waals surface area contributed by atoms with Gasteiger partial charge in [0, 0.05) is 23.5 Å². The van der Waals surface area contributed by atoms with Crippen molar-refractivity contribution in [3.63, 3.8) is 0 Å². The number of aryl methyl sites for hydroxylation is 1. The number of imidazole rings is 1. The molecule has 0 aliphatic carbocycles. The molecule has 0 atom stereocenters. The van der Waals surface area contributed by atoms with Gasteiger partial charge in [-0.1, -0.05) is 36.4 Å². The van der Waals surface area contributed by atoms with E-state index in [1.165, 1.54) is 5.56 Å². The summed E-state index contributed by atoms with van der Waals surface area (Å²) in [6, 6.07) is 20.5. The molecule has 4 heteroatoms. The molecular weight excluding hydrogens is 324 g/mol. The van der Waals surface area contributed by atoms with Crippen molar-refractivity contribution in [2.75, 3.05) is 0 Å². The van der Waals surface area contributed by atoms with Gasteiger partial charge in [-0.3, -0.25) is 4.79 Å². The average molecular weight is 342 g/mol. The average Bonchev–Trinajstić information content (AvgIpc) is 3.09. The van der Waals surface area contributed by atoms with E-state index in [1.807, 2.05) is 78.3 Å². The second-order valence-corrected chi connectivity index (χ2v) is 6.21. The van der Waals surface area contributed by atoms with Crippen LogP contribution in [-0.4, -0.2) is 15.2 Å². The van der Waals surface area contributed by atoms with Crippen LogP contribution in [0.25, 0.3) is 5.65 Å². The Morgan fingerprint density at radius 1 is 0.923 bits per heavy atom. The van der Waals surface area contributed by atoms with Crippen molar-refractivity contribution in [3.05, 3.63) is 102 Å². The summed E-state index contributed by atoms with van der Waals surface area (Å²) in [5.74, 6) is 0.718. The lowest BCUT2D eigenvalue weighted by molar-refractivity contribution is 0.103. The summed E-state index contributed by atoms with van der Waals surface area (Å²) in [5, 5.41) is 0. The van der Waals surface area contributed by atoms with Crippen LogP contribution in [0, 0.1) is 6.92 Å². The number of aromatic nitrogens is 2. The number of carbonyl (C=O) groups is 1. The Hall–Kier alpha value is -3.40. The number of nitrogens with zero attached hydrogens (tertiary/aromatic N) is 2. The van der Waals surface area contributed by atoms with Crippen LogP contribution in [-0.2, 0) is 6.61 Å². The lowest BCUT2D eigenvalue weighted by Crippen LogP contribution is -2.01. The molecule has 0 aliphatic heterocycles. The largest absolute Gasteiger partial charge is 0.487 e. The van der Waals surface area contributed by atoms with Crippen molar-refractivity contribution >= 4 is 11.4 Å². The van der Waals surface area contributed by atoms with Crippen molar-refractivity contribution in [1.29, 1.82) is 0 Å². The highest BCUT2D eigenvalue weighted by molar-refractivity contribution is 6.08. The molecule has 0 fully saturated rings. The second kappa shape index (κ2) is 6.84. The van der Waals surface area contributed by atoms with E-state index in [1.54, 1.807) is 12.1 Å². The van der Waals surface area contributed by atoms with Gasteiger partial charge in [0.2, 0.25) is 0 Å². The van der Waals surface area contributed by atoms with Gasteiger partial charge in [0.1, 0.15) is 18.0 Å². The zero-order chi connectivity index (χ0) is 17.9. The summed E-state index contributed by atoms with van der Waals surface area (Å²) in [6.45, 7) is 2.43. The molecule has 4 nitrogen and oxygen atoms in total. The van der Waals surface area contributed by atoms with Crippen LogP contribution >= 0.6 is 0 Å². The number of benzene rings is 2. The summed E-state index contributed by atoms with van der Waals surface area (Å²) in [7, 11) is 0. The zero-order valence-electron chi connectivity index (χ0n) is 14.4. The molecule has 2 aromatic carbocycles. The molecule has 4 aromatic rings. The maximum atomic E-state index is 12.4. The number of fused-ring (bicyclic) bond motifs is 1. The summed E-state index contributed by atoms with van der Waals surface area (Å²) in [6.07, 6.45) is 4.01. The molecule has 0 spiro atoms. The first kappa shape index (κ1) is 16.1. The SMILES string of the molecule is Cc1ccc2nc(COc3ccc(C(=O)c4ccccc4)cc3)cn2c1. The molecule has 2 aromatic heterocycles. The van der Waals surface area contributed by atoms with E-state index >= 15 is 0 Å². The summed E-state index contributed by atoms with van der Waals surface area (Å²) in [4.78, 5) is 16.9. The molecule has 0 aliphatic rings. The van der Waals surface area contributed by atoms with Gasteiger partial charge < -0.3 is 9.14 Å². The Kier molecular flexibility index (Phi) is 4.23. The lowest BCUT2D eigenvalue weighted by Gasteiger charge is -2.05. The fourth-order valence-corrected chi connectivity index (χ4v) is 2.84. The molecule has 0 bridgehead atoms. The first-order valence-corrected chi connectivity index (χ1v) is 8.46. The zero-order valence-corrected chi connectivity index (χ0v) is 14.4. The number of hydrogen-bond donors (Lipinski definition) is 0. The van der Waals surface area contributed by atoms with Crippen molar-refractivity contribution in [2.24, 2.45) is 0 Å².